The molecule has 1 rings (SSSR count). The van der Waals surface area contributed by atoms with Gasteiger partial charge in [-0.3, -0.25) is 0 Å². The molecule has 3 heteroatoms. The van der Waals surface area contributed by atoms with Gasteiger partial charge in [-0.2, -0.15) is 0 Å². The number of carbonyl (C=O) groups is 1. The van der Waals surface area contributed by atoms with Gasteiger partial charge >= 0.3 is 5.97 Å². The molecular weight excluding hydrogens is 202 g/mol. The molecule has 0 aliphatic heterocycles. The van der Waals surface area contributed by atoms with Crippen LogP contribution in [0, 0.1) is 0 Å². The second-order valence-corrected chi connectivity index (χ2v) is 3.81. The highest BCUT2D eigenvalue weighted by Gasteiger charge is 2.11. The first kappa shape index (κ1) is 12.6. The van der Waals surface area contributed by atoms with Crippen LogP contribution in [-0.4, -0.2) is 12.6 Å². The van der Waals surface area contributed by atoms with Gasteiger partial charge in [-0.25, -0.2) is 4.79 Å². The number of benzene rings is 1. The van der Waals surface area contributed by atoms with Crippen molar-refractivity contribution in [2.75, 3.05) is 12.3 Å². The van der Waals surface area contributed by atoms with Gasteiger partial charge in [0, 0.05) is 5.69 Å². The standard InChI is InChI=1S/C13H19NO2/c1-3-5-10-6-7-12(14)11(9-10)13(15)16-8-4-2/h6-7,9H,3-5,8,14H2,1-2H3. The quantitative estimate of drug-likeness (QED) is 0.614. The Balaban J connectivity index is 2.84. The molecule has 0 aromatic heterocycles. The number of rotatable bonds is 5. The second-order valence-electron chi connectivity index (χ2n) is 3.81. The minimum Gasteiger partial charge on any atom is -0.462 e. The summed E-state index contributed by atoms with van der Waals surface area (Å²) in [5.41, 5.74) is 7.86. The van der Waals surface area contributed by atoms with Gasteiger partial charge in [0.25, 0.3) is 0 Å². The number of anilines is 1. The smallest absolute Gasteiger partial charge is 0.340 e. The van der Waals surface area contributed by atoms with E-state index in [1.54, 1.807) is 6.07 Å². The highest BCUT2D eigenvalue weighted by Crippen LogP contribution is 2.16. The van der Waals surface area contributed by atoms with Gasteiger partial charge in [-0.05, 0) is 30.5 Å². The van der Waals surface area contributed by atoms with Crippen molar-refractivity contribution in [3.8, 4) is 0 Å². The molecule has 88 valence electrons. The van der Waals surface area contributed by atoms with E-state index in [4.69, 9.17) is 10.5 Å². The van der Waals surface area contributed by atoms with Gasteiger partial charge in [0.05, 0.1) is 12.2 Å². The fourth-order valence-corrected chi connectivity index (χ4v) is 1.50. The minimum absolute atomic E-state index is 0.322. The summed E-state index contributed by atoms with van der Waals surface area (Å²) < 4.78 is 5.07. The summed E-state index contributed by atoms with van der Waals surface area (Å²) in [6.07, 6.45) is 2.82. The van der Waals surface area contributed by atoms with Crippen LogP contribution in [0.1, 0.15) is 42.6 Å². The Labute approximate surface area is 96.6 Å². The van der Waals surface area contributed by atoms with E-state index in [2.05, 4.69) is 6.92 Å². The number of aryl methyl sites for hydroxylation is 1. The number of hydrogen-bond acceptors (Lipinski definition) is 3. The van der Waals surface area contributed by atoms with Crippen molar-refractivity contribution in [3.63, 3.8) is 0 Å². The first-order valence-electron chi connectivity index (χ1n) is 5.74. The third-order valence-corrected chi connectivity index (χ3v) is 2.31. The zero-order valence-corrected chi connectivity index (χ0v) is 9.95. The summed E-state index contributed by atoms with van der Waals surface area (Å²) >= 11 is 0. The molecule has 0 spiro atoms. The van der Waals surface area contributed by atoms with Crippen molar-refractivity contribution < 1.29 is 9.53 Å². The van der Waals surface area contributed by atoms with E-state index in [9.17, 15) is 4.79 Å². The Morgan fingerprint density at radius 3 is 2.69 bits per heavy atom. The summed E-state index contributed by atoms with van der Waals surface area (Å²) in [4.78, 5) is 11.7. The number of ether oxygens (including phenoxy) is 1. The zero-order chi connectivity index (χ0) is 12.0. The van der Waals surface area contributed by atoms with Crippen molar-refractivity contribution in [2.45, 2.75) is 33.1 Å². The molecular formula is C13H19NO2. The highest BCUT2D eigenvalue weighted by atomic mass is 16.5. The number of nitrogens with two attached hydrogens (primary N) is 1. The first-order valence-corrected chi connectivity index (χ1v) is 5.74. The number of hydrogen-bond donors (Lipinski definition) is 1. The Kier molecular flexibility index (Phi) is 4.83. The van der Waals surface area contributed by atoms with Crippen LogP contribution in [0.2, 0.25) is 0 Å². The molecule has 0 unspecified atom stereocenters. The van der Waals surface area contributed by atoms with Crippen LogP contribution < -0.4 is 5.73 Å². The van der Waals surface area contributed by atoms with Gasteiger partial charge in [-0.15, -0.1) is 0 Å². The van der Waals surface area contributed by atoms with E-state index < -0.39 is 0 Å². The van der Waals surface area contributed by atoms with Crippen molar-refractivity contribution in [1.29, 1.82) is 0 Å². The predicted molar refractivity (Wildman–Crippen MR) is 65.4 cm³/mol. The molecule has 1 aromatic rings. The minimum atomic E-state index is -0.322. The fourth-order valence-electron chi connectivity index (χ4n) is 1.50. The molecule has 1 aromatic carbocycles. The number of nitrogen functional groups attached to an aromatic ring is 1. The Morgan fingerprint density at radius 1 is 1.31 bits per heavy atom. The monoisotopic (exact) mass is 221 g/mol. The van der Waals surface area contributed by atoms with Crippen LogP contribution in [0.3, 0.4) is 0 Å². The molecule has 0 saturated carbocycles. The molecule has 0 bridgehead atoms. The molecule has 3 nitrogen and oxygen atoms in total. The van der Waals surface area contributed by atoms with E-state index >= 15 is 0 Å². The van der Waals surface area contributed by atoms with Gasteiger partial charge < -0.3 is 10.5 Å². The lowest BCUT2D eigenvalue weighted by atomic mass is 10.1. The van der Waals surface area contributed by atoms with Gasteiger partial charge in [0.15, 0.2) is 0 Å². The molecule has 0 saturated heterocycles. The second kappa shape index (κ2) is 6.16. The van der Waals surface area contributed by atoms with Crippen LogP contribution in [0.15, 0.2) is 18.2 Å². The number of esters is 1. The lowest BCUT2D eigenvalue weighted by Gasteiger charge is -2.08. The molecule has 0 amide bonds. The summed E-state index contributed by atoms with van der Waals surface area (Å²) in [5, 5.41) is 0. The molecule has 16 heavy (non-hydrogen) atoms. The maximum absolute atomic E-state index is 11.7. The lowest BCUT2D eigenvalue weighted by molar-refractivity contribution is 0.0506. The average Bonchev–Trinajstić information content (AvgIpc) is 2.29. The first-order chi connectivity index (χ1) is 7.69. The molecule has 0 radical (unpaired) electrons. The summed E-state index contributed by atoms with van der Waals surface area (Å²) in [5.74, 6) is -0.322. The average molecular weight is 221 g/mol. The third kappa shape index (κ3) is 3.26. The normalized spacial score (nSPS) is 10.1. The van der Waals surface area contributed by atoms with Crippen LogP contribution in [0.25, 0.3) is 0 Å². The Hall–Kier alpha value is -1.51. The molecule has 0 heterocycles. The fraction of sp³-hybridized carbons (Fsp3) is 0.462. The molecule has 0 fully saturated rings. The van der Waals surface area contributed by atoms with E-state index in [1.165, 1.54) is 0 Å². The van der Waals surface area contributed by atoms with Crippen molar-refractivity contribution in [1.82, 2.24) is 0 Å². The summed E-state index contributed by atoms with van der Waals surface area (Å²) in [6.45, 7) is 4.51. The molecule has 0 atom stereocenters. The highest BCUT2D eigenvalue weighted by molar-refractivity contribution is 5.95. The topological polar surface area (TPSA) is 52.3 Å². The van der Waals surface area contributed by atoms with Gasteiger partial charge in [-0.1, -0.05) is 26.3 Å². The van der Waals surface area contributed by atoms with Crippen LogP contribution >= 0.6 is 0 Å². The molecule has 0 aliphatic carbocycles. The van der Waals surface area contributed by atoms with E-state index in [-0.39, 0.29) is 5.97 Å². The van der Waals surface area contributed by atoms with E-state index in [1.807, 2.05) is 19.1 Å². The Bertz CT molecular complexity index is 361. The van der Waals surface area contributed by atoms with Crippen LogP contribution in [0.5, 0.6) is 0 Å². The summed E-state index contributed by atoms with van der Waals surface area (Å²) in [7, 11) is 0. The van der Waals surface area contributed by atoms with E-state index in [0.717, 1.165) is 24.8 Å². The zero-order valence-electron chi connectivity index (χ0n) is 9.95. The predicted octanol–water partition coefficient (Wildman–Crippen LogP) is 2.79. The lowest BCUT2D eigenvalue weighted by Crippen LogP contribution is -2.09. The largest absolute Gasteiger partial charge is 0.462 e. The molecule has 2 N–H and O–H groups in total. The van der Waals surface area contributed by atoms with Crippen molar-refractivity contribution in [3.05, 3.63) is 29.3 Å². The molecule has 0 aliphatic rings. The third-order valence-electron chi connectivity index (χ3n) is 2.31. The van der Waals surface area contributed by atoms with Crippen LogP contribution in [0.4, 0.5) is 5.69 Å². The van der Waals surface area contributed by atoms with Crippen molar-refractivity contribution >= 4 is 11.7 Å². The summed E-state index contributed by atoms with van der Waals surface area (Å²) in [6, 6.07) is 5.56. The van der Waals surface area contributed by atoms with Gasteiger partial charge in [0.2, 0.25) is 0 Å². The Morgan fingerprint density at radius 2 is 2.06 bits per heavy atom. The van der Waals surface area contributed by atoms with Crippen molar-refractivity contribution in [2.24, 2.45) is 0 Å². The SMILES string of the molecule is CCCOC(=O)c1cc(CCC)ccc1N. The van der Waals surface area contributed by atoms with Gasteiger partial charge in [0.1, 0.15) is 0 Å². The van der Waals surface area contributed by atoms with Crippen LogP contribution in [-0.2, 0) is 11.2 Å². The maximum atomic E-state index is 11.7. The number of carbonyl (C=O) groups excluding carboxylic acids is 1. The van der Waals surface area contributed by atoms with E-state index in [0.29, 0.717) is 17.9 Å². The maximum Gasteiger partial charge on any atom is 0.340 e.